The van der Waals surface area contributed by atoms with Gasteiger partial charge in [-0.25, -0.2) is 9.78 Å². The summed E-state index contributed by atoms with van der Waals surface area (Å²) in [5.41, 5.74) is 6.73. The highest BCUT2D eigenvalue weighted by Gasteiger charge is 2.18. The summed E-state index contributed by atoms with van der Waals surface area (Å²) in [4.78, 5) is 17.1. The first-order valence-electron chi connectivity index (χ1n) is 12.3. The van der Waals surface area contributed by atoms with Crippen molar-refractivity contribution >= 4 is 39.8 Å². The molecule has 6 rings (SSSR count). The van der Waals surface area contributed by atoms with Crippen molar-refractivity contribution in [2.45, 2.75) is 0 Å². The molecule has 0 bridgehead atoms. The van der Waals surface area contributed by atoms with E-state index < -0.39 is 0 Å². The van der Waals surface area contributed by atoms with Gasteiger partial charge in [0.25, 0.3) is 0 Å². The number of hydrogen-bond acceptors (Lipinski definition) is 6. The van der Waals surface area contributed by atoms with Crippen molar-refractivity contribution in [3.05, 3.63) is 127 Å². The summed E-state index contributed by atoms with van der Waals surface area (Å²) >= 11 is 0. The number of nitrogens with zero attached hydrogens (tertiary/aromatic N) is 3. The zero-order valence-corrected chi connectivity index (χ0v) is 20.7. The summed E-state index contributed by atoms with van der Waals surface area (Å²) in [7, 11) is 0. The number of oxazole rings is 1. The van der Waals surface area contributed by atoms with Gasteiger partial charge >= 0.3 is 6.03 Å². The Bertz CT molecular complexity index is 1720. The Labute approximate surface area is 224 Å². The highest BCUT2D eigenvalue weighted by molar-refractivity contribution is 5.99. The smallest absolute Gasteiger partial charge is 0.323 e. The molecule has 0 fully saturated rings. The summed E-state index contributed by atoms with van der Waals surface area (Å²) in [6, 6.07) is 32.1. The molecule has 4 aromatic carbocycles. The predicted octanol–water partition coefficient (Wildman–Crippen LogP) is 8.18. The second kappa shape index (κ2) is 10.9. The second-order valence-corrected chi connectivity index (χ2v) is 8.74. The number of benzene rings is 4. The lowest BCUT2D eigenvalue weighted by Gasteiger charge is -2.10. The maximum absolute atomic E-state index is 12.3. The Hall–Kier alpha value is -5.50. The molecule has 5 aromatic rings. The molecular weight excluding hydrogens is 490 g/mol. The van der Waals surface area contributed by atoms with E-state index in [2.05, 4.69) is 33.0 Å². The van der Waals surface area contributed by atoms with Crippen LogP contribution in [0.25, 0.3) is 27.8 Å². The van der Waals surface area contributed by atoms with Crippen LogP contribution < -0.4 is 10.6 Å². The number of amides is 2. The van der Waals surface area contributed by atoms with Crippen molar-refractivity contribution in [1.82, 2.24) is 4.98 Å². The number of carbonyl (C=O) groups is 1. The molecule has 8 heteroatoms. The molecule has 0 spiro atoms. The van der Waals surface area contributed by atoms with Crippen LogP contribution in [0.4, 0.5) is 21.9 Å². The van der Waals surface area contributed by atoms with Crippen molar-refractivity contribution in [3.8, 4) is 11.1 Å². The normalized spacial score (nSPS) is 13.0. The summed E-state index contributed by atoms with van der Waals surface area (Å²) < 4.78 is 11.5. The van der Waals surface area contributed by atoms with Crippen molar-refractivity contribution in [2.24, 2.45) is 10.2 Å². The number of allylic oxidation sites excluding steroid dienone is 2. The molecule has 1 aliphatic heterocycles. The number of azo groups is 1. The van der Waals surface area contributed by atoms with Crippen LogP contribution in [0.1, 0.15) is 5.89 Å². The monoisotopic (exact) mass is 513 g/mol. The van der Waals surface area contributed by atoms with E-state index in [-0.39, 0.29) is 12.6 Å². The number of rotatable bonds is 6. The van der Waals surface area contributed by atoms with Crippen LogP contribution in [-0.2, 0) is 4.74 Å². The molecule has 0 saturated heterocycles. The molecule has 190 valence electrons. The first-order chi connectivity index (χ1) is 19.2. The maximum atomic E-state index is 12.3. The number of nitrogens with one attached hydrogen (secondary N) is 2. The second-order valence-electron chi connectivity index (χ2n) is 8.74. The highest BCUT2D eigenvalue weighted by Crippen LogP contribution is 2.31. The van der Waals surface area contributed by atoms with Crippen molar-refractivity contribution < 1.29 is 13.9 Å². The fourth-order valence-electron chi connectivity index (χ4n) is 4.13. The van der Waals surface area contributed by atoms with Crippen molar-refractivity contribution in [2.75, 3.05) is 17.2 Å². The first kappa shape index (κ1) is 23.9. The van der Waals surface area contributed by atoms with E-state index in [4.69, 9.17) is 14.1 Å². The van der Waals surface area contributed by atoms with Crippen LogP contribution in [0.15, 0.2) is 136 Å². The van der Waals surface area contributed by atoms with E-state index in [1.54, 1.807) is 36.6 Å². The van der Waals surface area contributed by atoms with E-state index in [1.165, 1.54) is 0 Å². The van der Waals surface area contributed by atoms with Crippen LogP contribution in [0.3, 0.4) is 0 Å². The van der Waals surface area contributed by atoms with Gasteiger partial charge in [0, 0.05) is 11.4 Å². The van der Waals surface area contributed by atoms with Crippen LogP contribution >= 0.6 is 0 Å². The molecule has 0 aliphatic carbocycles. The van der Waals surface area contributed by atoms with Crippen molar-refractivity contribution in [1.29, 1.82) is 0 Å². The van der Waals surface area contributed by atoms with Gasteiger partial charge in [0.15, 0.2) is 5.58 Å². The standard InChI is InChI=1S/C31H23N5O3/c37-31(32-23-10-5-2-6-11-23)33-24-12-7-13-25(19-24)35-36-28-20-38-17-16-26(28)30-34-27-18-22(14-15-29(27)39-30)21-8-3-1-4-9-21/h1-19H,20H2,(H2,32,33,37). The highest BCUT2D eigenvalue weighted by atomic mass is 16.5. The molecule has 1 aromatic heterocycles. The summed E-state index contributed by atoms with van der Waals surface area (Å²) in [5, 5.41) is 14.4. The van der Waals surface area contributed by atoms with Crippen molar-refractivity contribution in [3.63, 3.8) is 0 Å². The van der Waals surface area contributed by atoms with E-state index in [1.807, 2.05) is 66.7 Å². The Balaban J connectivity index is 1.22. The van der Waals surface area contributed by atoms with Crippen LogP contribution in [0.2, 0.25) is 0 Å². The summed E-state index contributed by atoms with van der Waals surface area (Å²) in [6.45, 7) is 0.223. The maximum Gasteiger partial charge on any atom is 0.323 e. The molecule has 1 aliphatic rings. The fraction of sp³-hybridized carbons (Fsp3) is 0.0323. The van der Waals surface area contributed by atoms with Gasteiger partial charge in [-0.3, -0.25) is 0 Å². The number of aromatic nitrogens is 1. The Morgan fingerprint density at radius 2 is 1.54 bits per heavy atom. The SMILES string of the molecule is O=C(Nc1ccccc1)Nc1cccc(N=NC2=C(c3nc4cc(-c5ccccc5)ccc4o3)C=COC2)c1. The van der Waals surface area contributed by atoms with E-state index >= 15 is 0 Å². The minimum absolute atomic E-state index is 0.223. The largest absolute Gasteiger partial charge is 0.495 e. The van der Waals surface area contributed by atoms with Crippen LogP contribution in [-0.4, -0.2) is 17.6 Å². The minimum Gasteiger partial charge on any atom is -0.495 e. The van der Waals surface area contributed by atoms with Gasteiger partial charge in [0.2, 0.25) is 5.89 Å². The van der Waals surface area contributed by atoms with Gasteiger partial charge in [0.1, 0.15) is 17.8 Å². The molecule has 2 N–H and O–H groups in total. The summed E-state index contributed by atoms with van der Waals surface area (Å²) in [6.07, 6.45) is 3.36. The number of carbonyl (C=O) groups excluding carboxylic acids is 1. The number of ether oxygens (including phenoxy) is 1. The topological polar surface area (TPSA) is 101 Å². The third-order valence-corrected chi connectivity index (χ3v) is 6.01. The van der Waals surface area contributed by atoms with Crippen LogP contribution in [0, 0.1) is 0 Å². The van der Waals surface area contributed by atoms with E-state index in [9.17, 15) is 4.79 Å². The lowest BCUT2D eigenvalue weighted by molar-refractivity contribution is 0.262. The molecule has 0 unspecified atom stereocenters. The van der Waals surface area contributed by atoms with Crippen LogP contribution in [0.5, 0.6) is 0 Å². The molecule has 0 saturated carbocycles. The van der Waals surface area contributed by atoms with E-state index in [0.717, 1.165) is 16.6 Å². The Morgan fingerprint density at radius 1 is 0.769 bits per heavy atom. The number of anilines is 2. The lowest BCUT2D eigenvalue weighted by Crippen LogP contribution is -2.19. The van der Waals surface area contributed by atoms with Gasteiger partial charge in [-0.2, -0.15) is 10.2 Å². The number of hydrogen-bond donors (Lipinski definition) is 2. The zero-order valence-electron chi connectivity index (χ0n) is 20.7. The minimum atomic E-state index is -0.350. The van der Waals surface area contributed by atoms with E-state index in [0.29, 0.717) is 39.8 Å². The van der Waals surface area contributed by atoms with Gasteiger partial charge in [0.05, 0.1) is 17.5 Å². The van der Waals surface area contributed by atoms with Gasteiger partial charge in [-0.05, 0) is 59.7 Å². The molecule has 0 radical (unpaired) electrons. The Kier molecular flexibility index (Phi) is 6.65. The molecule has 8 nitrogen and oxygen atoms in total. The third kappa shape index (κ3) is 5.60. The number of fused-ring (bicyclic) bond motifs is 1. The average molecular weight is 514 g/mol. The summed E-state index contributed by atoms with van der Waals surface area (Å²) in [5.74, 6) is 0.441. The zero-order chi connectivity index (χ0) is 26.4. The molecule has 2 amide bonds. The van der Waals surface area contributed by atoms with Gasteiger partial charge in [-0.15, -0.1) is 0 Å². The number of urea groups is 1. The quantitative estimate of drug-likeness (QED) is 0.224. The fourth-order valence-corrected chi connectivity index (χ4v) is 4.13. The third-order valence-electron chi connectivity index (χ3n) is 6.01. The van der Waals surface area contributed by atoms with Gasteiger partial charge in [-0.1, -0.05) is 60.7 Å². The number of para-hydroxylation sites is 1. The molecular formula is C31H23N5O3. The molecule has 39 heavy (non-hydrogen) atoms. The molecule has 0 atom stereocenters. The first-order valence-corrected chi connectivity index (χ1v) is 12.3. The lowest BCUT2D eigenvalue weighted by atomic mass is 10.1. The predicted molar refractivity (Wildman–Crippen MR) is 151 cm³/mol. The average Bonchev–Trinajstić information content (AvgIpc) is 3.41. The Morgan fingerprint density at radius 3 is 2.38 bits per heavy atom. The molecule has 2 heterocycles. The van der Waals surface area contributed by atoms with Gasteiger partial charge < -0.3 is 19.8 Å².